The second kappa shape index (κ2) is 4.60. The third-order valence-corrected chi connectivity index (χ3v) is 2.73. The van der Waals surface area contributed by atoms with Crippen molar-refractivity contribution in [1.82, 2.24) is 4.57 Å². The van der Waals surface area contributed by atoms with Gasteiger partial charge < -0.3 is 9.67 Å². The highest BCUT2D eigenvalue weighted by molar-refractivity contribution is 5.87. The van der Waals surface area contributed by atoms with Crippen LogP contribution in [0.1, 0.15) is 17.4 Å². The van der Waals surface area contributed by atoms with Crippen LogP contribution in [0.25, 0.3) is 11.3 Å². The molecule has 1 aromatic heterocycles. The van der Waals surface area contributed by atoms with Gasteiger partial charge in [-0.2, -0.15) is 0 Å². The van der Waals surface area contributed by atoms with Gasteiger partial charge in [-0.25, -0.2) is 13.6 Å². The second-order valence-electron chi connectivity index (χ2n) is 3.78. The van der Waals surface area contributed by atoms with Gasteiger partial charge in [0.15, 0.2) is 11.6 Å². The monoisotopic (exact) mass is 251 g/mol. The summed E-state index contributed by atoms with van der Waals surface area (Å²) in [5, 5.41) is 9.00. The van der Waals surface area contributed by atoms with Crippen LogP contribution in [0.15, 0.2) is 30.3 Å². The number of benzene rings is 1. The van der Waals surface area contributed by atoms with E-state index in [-0.39, 0.29) is 5.69 Å². The van der Waals surface area contributed by atoms with Crippen molar-refractivity contribution in [2.24, 2.45) is 0 Å². The number of carboxylic acids is 1. The lowest BCUT2D eigenvalue weighted by Gasteiger charge is -2.09. The molecule has 3 nitrogen and oxygen atoms in total. The third kappa shape index (κ3) is 1.99. The van der Waals surface area contributed by atoms with Crippen molar-refractivity contribution in [1.29, 1.82) is 0 Å². The number of hydrogen-bond acceptors (Lipinski definition) is 1. The number of aromatic carboxylic acids is 1. The zero-order valence-electron chi connectivity index (χ0n) is 9.65. The summed E-state index contributed by atoms with van der Waals surface area (Å²) in [6, 6.07) is 6.54. The molecule has 0 fully saturated rings. The zero-order valence-corrected chi connectivity index (χ0v) is 9.65. The Morgan fingerprint density at radius 3 is 2.50 bits per heavy atom. The molecule has 0 aliphatic heterocycles. The molecule has 94 valence electrons. The lowest BCUT2D eigenvalue weighted by atomic mass is 10.1. The number of aromatic nitrogens is 1. The first-order valence-electron chi connectivity index (χ1n) is 5.42. The molecule has 18 heavy (non-hydrogen) atoms. The van der Waals surface area contributed by atoms with Crippen molar-refractivity contribution in [3.63, 3.8) is 0 Å². The number of carboxylic acid groups (broad SMARTS) is 1. The van der Waals surface area contributed by atoms with Gasteiger partial charge in [0.25, 0.3) is 0 Å². The van der Waals surface area contributed by atoms with E-state index in [9.17, 15) is 13.6 Å². The molecule has 2 rings (SSSR count). The van der Waals surface area contributed by atoms with Gasteiger partial charge in [-0.1, -0.05) is 0 Å². The molecule has 0 bridgehead atoms. The summed E-state index contributed by atoms with van der Waals surface area (Å²) < 4.78 is 27.6. The van der Waals surface area contributed by atoms with Crippen LogP contribution in [0.2, 0.25) is 0 Å². The van der Waals surface area contributed by atoms with Gasteiger partial charge in [0, 0.05) is 17.8 Å². The van der Waals surface area contributed by atoms with Crippen molar-refractivity contribution >= 4 is 5.97 Å². The van der Waals surface area contributed by atoms with E-state index in [0.29, 0.717) is 17.8 Å². The molecule has 0 saturated carbocycles. The van der Waals surface area contributed by atoms with Crippen LogP contribution < -0.4 is 0 Å². The van der Waals surface area contributed by atoms with E-state index >= 15 is 0 Å². The van der Waals surface area contributed by atoms with E-state index in [1.54, 1.807) is 13.0 Å². The van der Waals surface area contributed by atoms with Crippen molar-refractivity contribution in [3.8, 4) is 11.3 Å². The molecule has 0 saturated heterocycles. The Hall–Kier alpha value is -2.17. The minimum atomic E-state index is -1.05. The highest BCUT2D eigenvalue weighted by atomic mass is 19.2. The van der Waals surface area contributed by atoms with E-state index in [1.807, 2.05) is 0 Å². The standard InChI is InChI=1S/C13H11F2NO2/c1-2-16-11(5-6-12(16)13(17)18)8-3-4-9(14)10(15)7-8/h3-7H,2H2,1H3,(H,17,18). The number of carbonyl (C=O) groups is 1. The van der Waals surface area contributed by atoms with Crippen molar-refractivity contribution in [2.45, 2.75) is 13.5 Å². The molecule has 2 aromatic rings. The average Bonchev–Trinajstić information content (AvgIpc) is 2.76. The molecule has 0 radical (unpaired) electrons. The molecule has 0 atom stereocenters. The van der Waals surface area contributed by atoms with E-state index in [0.717, 1.165) is 12.1 Å². The van der Waals surface area contributed by atoms with Crippen LogP contribution in [-0.2, 0) is 6.54 Å². The summed E-state index contributed by atoms with van der Waals surface area (Å²) >= 11 is 0. The van der Waals surface area contributed by atoms with Gasteiger partial charge in [0.05, 0.1) is 0 Å². The minimum Gasteiger partial charge on any atom is -0.477 e. The largest absolute Gasteiger partial charge is 0.477 e. The molecule has 0 amide bonds. The van der Waals surface area contributed by atoms with E-state index < -0.39 is 17.6 Å². The fraction of sp³-hybridized carbons (Fsp3) is 0.154. The number of rotatable bonds is 3. The third-order valence-electron chi connectivity index (χ3n) is 2.73. The van der Waals surface area contributed by atoms with Gasteiger partial charge >= 0.3 is 5.97 Å². The summed E-state index contributed by atoms with van der Waals surface area (Å²) in [5.74, 6) is -2.93. The smallest absolute Gasteiger partial charge is 0.352 e. The molecule has 0 unspecified atom stereocenters. The highest BCUT2D eigenvalue weighted by Crippen LogP contribution is 2.24. The summed E-state index contributed by atoms with van der Waals surface area (Å²) in [4.78, 5) is 11.0. The predicted octanol–water partition coefficient (Wildman–Crippen LogP) is 3.15. The topological polar surface area (TPSA) is 42.2 Å². The Bertz CT molecular complexity index is 605. The molecule has 1 N–H and O–H groups in total. The quantitative estimate of drug-likeness (QED) is 0.910. The van der Waals surface area contributed by atoms with Crippen molar-refractivity contribution in [3.05, 3.63) is 47.7 Å². The Kier molecular flexibility index (Phi) is 3.14. The first-order chi connectivity index (χ1) is 8.54. The van der Waals surface area contributed by atoms with Crippen LogP contribution in [-0.4, -0.2) is 15.6 Å². The lowest BCUT2D eigenvalue weighted by Crippen LogP contribution is -2.08. The number of hydrogen-bond donors (Lipinski definition) is 1. The van der Waals surface area contributed by atoms with Crippen molar-refractivity contribution < 1.29 is 18.7 Å². The first kappa shape index (κ1) is 12.3. The van der Waals surface area contributed by atoms with Crippen molar-refractivity contribution in [2.75, 3.05) is 0 Å². The molecule has 0 spiro atoms. The van der Waals surface area contributed by atoms with Crippen LogP contribution in [0, 0.1) is 11.6 Å². The summed E-state index contributed by atoms with van der Waals surface area (Å²) in [7, 11) is 0. The SMILES string of the molecule is CCn1c(C(=O)O)ccc1-c1ccc(F)c(F)c1. The maximum Gasteiger partial charge on any atom is 0.352 e. The lowest BCUT2D eigenvalue weighted by molar-refractivity contribution is 0.0685. The summed E-state index contributed by atoms with van der Waals surface area (Å²) in [5.41, 5.74) is 1.12. The molecule has 5 heteroatoms. The maximum atomic E-state index is 13.2. The van der Waals surface area contributed by atoms with Gasteiger partial charge in [-0.3, -0.25) is 0 Å². The highest BCUT2D eigenvalue weighted by Gasteiger charge is 2.14. The normalized spacial score (nSPS) is 10.6. The maximum absolute atomic E-state index is 13.2. The summed E-state index contributed by atoms with van der Waals surface area (Å²) in [6.07, 6.45) is 0. The molecule has 1 aromatic carbocycles. The second-order valence-corrected chi connectivity index (χ2v) is 3.78. The predicted molar refractivity (Wildman–Crippen MR) is 62.4 cm³/mol. The Morgan fingerprint density at radius 2 is 1.94 bits per heavy atom. The Labute approximate surface area is 102 Å². The average molecular weight is 251 g/mol. The van der Waals surface area contributed by atoms with E-state index in [2.05, 4.69) is 0 Å². The molecule has 0 aliphatic carbocycles. The fourth-order valence-corrected chi connectivity index (χ4v) is 1.90. The van der Waals surface area contributed by atoms with Gasteiger partial charge in [-0.15, -0.1) is 0 Å². The molecule has 1 heterocycles. The zero-order chi connectivity index (χ0) is 13.3. The Morgan fingerprint density at radius 1 is 1.22 bits per heavy atom. The number of nitrogens with zero attached hydrogens (tertiary/aromatic N) is 1. The number of halogens is 2. The van der Waals surface area contributed by atoms with E-state index in [4.69, 9.17) is 5.11 Å². The van der Waals surface area contributed by atoms with Crippen LogP contribution >= 0.6 is 0 Å². The van der Waals surface area contributed by atoms with Crippen LogP contribution in [0.5, 0.6) is 0 Å². The van der Waals surface area contributed by atoms with Gasteiger partial charge in [-0.05, 0) is 37.3 Å². The molecular formula is C13H11F2NO2. The van der Waals surface area contributed by atoms with Gasteiger partial charge in [0.1, 0.15) is 5.69 Å². The van der Waals surface area contributed by atoms with Gasteiger partial charge in [0.2, 0.25) is 0 Å². The fourth-order valence-electron chi connectivity index (χ4n) is 1.90. The summed E-state index contributed by atoms with van der Waals surface area (Å²) in [6.45, 7) is 2.22. The minimum absolute atomic E-state index is 0.122. The Balaban J connectivity index is 2.57. The van der Waals surface area contributed by atoms with Crippen LogP contribution in [0.4, 0.5) is 8.78 Å². The molecule has 0 aliphatic rings. The first-order valence-corrected chi connectivity index (χ1v) is 5.42. The van der Waals surface area contributed by atoms with Crippen LogP contribution in [0.3, 0.4) is 0 Å². The molecular weight excluding hydrogens is 240 g/mol. The van der Waals surface area contributed by atoms with E-state index in [1.165, 1.54) is 16.7 Å².